The van der Waals surface area contributed by atoms with Crippen molar-refractivity contribution < 1.29 is 0 Å². The Morgan fingerprint density at radius 2 is 2.29 bits per heavy atom. The lowest BCUT2D eigenvalue weighted by molar-refractivity contribution is 0.800. The number of aromatic nitrogens is 3. The topological polar surface area (TPSA) is 33.6 Å². The highest BCUT2D eigenvalue weighted by Gasteiger charge is 2.10. The molecule has 0 unspecified atom stereocenters. The molecular weight excluding hydrogens is 369 g/mol. The monoisotopic (exact) mass is 379 g/mol. The second kappa shape index (κ2) is 5.49. The van der Waals surface area contributed by atoms with E-state index in [0.29, 0.717) is 4.77 Å². The number of nitrogens with zero attached hydrogens (tertiary/aromatic N) is 2. The molecule has 0 aliphatic carbocycles. The summed E-state index contributed by atoms with van der Waals surface area (Å²) in [6.07, 6.45) is 1.93. The summed E-state index contributed by atoms with van der Waals surface area (Å²) in [4.78, 5) is 0. The number of aromatic amines is 1. The van der Waals surface area contributed by atoms with Crippen molar-refractivity contribution in [1.29, 1.82) is 0 Å². The summed E-state index contributed by atoms with van der Waals surface area (Å²) in [6.45, 7) is 2.12. The Bertz CT molecular complexity index is 591. The van der Waals surface area contributed by atoms with Crippen LogP contribution in [0.15, 0.2) is 18.2 Å². The number of rotatable bonds is 3. The van der Waals surface area contributed by atoms with Crippen LogP contribution in [0.5, 0.6) is 0 Å². The van der Waals surface area contributed by atoms with Crippen LogP contribution in [-0.4, -0.2) is 14.8 Å². The second-order valence-corrected chi connectivity index (χ2v) is 5.61. The average Bonchev–Trinajstić information content (AvgIpc) is 2.62. The van der Waals surface area contributed by atoms with Crippen LogP contribution in [0.4, 0.5) is 0 Å². The molecule has 0 amide bonds. The zero-order valence-electron chi connectivity index (χ0n) is 9.20. The summed E-state index contributed by atoms with van der Waals surface area (Å²) < 4.78 is 3.65. The van der Waals surface area contributed by atoms with Gasteiger partial charge in [0.05, 0.1) is 5.69 Å². The van der Waals surface area contributed by atoms with E-state index in [-0.39, 0.29) is 0 Å². The summed E-state index contributed by atoms with van der Waals surface area (Å²) in [7, 11) is 0. The van der Waals surface area contributed by atoms with Crippen LogP contribution in [0.3, 0.4) is 0 Å². The van der Waals surface area contributed by atoms with Crippen LogP contribution in [-0.2, 0) is 6.42 Å². The van der Waals surface area contributed by atoms with Gasteiger partial charge in [0.2, 0.25) is 0 Å². The van der Waals surface area contributed by atoms with Gasteiger partial charge in [0.25, 0.3) is 0 Å². The minimum Gasteiger partial charge on any atom is -0.271 e. The van der Waals surface area contributed by atoms with Crippen molar-refractivity contribution in [1.82, 2.24) is 14.8 Å². The molecule has 1 heterocycles. The maximum absolute atomic E-state index is 5.96. The van der Waals surface area contributed by atoms with Gasteiger partial charge in [-0.2, -0.15) is 5.10 Å². The molecule has 2 aromatic rings. The molecule has 0 bridgehead atoms. The maximum atomic E-state index is 5.96. The minimum absolute atomic E-state index is 0.619. The molecule has 2 rings (SSSR count). The van der Waals surface area contributed by atoms with Crippen LogP contribution >= 0.6 is 46.4 Å². The van der Waals surface area contributed by atoms with Crippen molar-refractivity contribution in [3.63, 3.8) is 0 Å². The van der Waals surface area contributed by atoms with Gasteiger partial charge < -0.3 is 0 Å². The standard InChI is InChI=1S/C11H11ClIN3S/c1-2-3-10-14-15-11(17)16(10)9-5-4-7(12)6-8(9)13/h4-6H,2-3H2,1H3,(H,15,17). The van der Waals surface area contributed by atoms with Crippen LogP contribution in [0.25, 0.3) is 5.69 Å². The fourth-order valence-corrected chi connectivity index (χ4v) is 2.99. The molecule has 90 valence electrons. The highest BCUT2D eigenvalue weighted by Crippen LogP contribution is 2.23. The van der Waals surface area contributed by atoms with Gasteiger partial charge in [0.1, 0.15) is 5.82 Å². The summed E-state index contributed by atoms with van der Waals surface area (Å²) in [5.74, 6) is 0.956. The van der Waals surface area contributed by atoms with Gasteiger partial charge in [0, 0.05) is 15.0 Å². The first kappa shape index (κ1) is 13.0. The lowest BCUT2D eigenvalue weighted by atomic mass is 10.3. The zero-order valence-corrected chi connectivity index (χ0v) is 12.9. The lowest BCUT2D eigenvalue weighted by Crippen LogP contribution is -2.03. The Hall–Kier alpha value is -0.400. The van der Waals surface area contributed by atoms with E-state index in [1.54, 1.807) is 0 Å². The number of H-pyrrole nitrogens is 1. The van der Waals surface area contributed by atoms with Crippen molar-refractivity contribution in [2.45, 2.75) is 19.8 Å². The first-order valence-corrected chi connectivity index (χ1v) is 7.11. The Morgan fingerprint density at radius 3 is 2.94 bits per heavy atom. The van der Waals surface area contributed by atoms with Crippen LogP contribution < -0.4 is 0 Å². The molecule has 0 saturated carbocycles. The van der Waals surface area contributed by atoms with Crippen LogP contribution in [0, 0.1) is 8.34 Å². The van der Waals surface area contributed by atoms with Gasteiger partial charge in [-0.25, -0.2) is 0 Å². The number of halogens is 2. The normalized spacial score (nSPS) is 10.8. The molecule has 6 heteroatoms. The van der Waals surface area contributed by atoms with Crippen molar-refractivity contribution in [2.75, 3.05) is 0 Å². The van der Waals surface area contributed by atoms with Crippen molar-refractivity contribution in [3.05, 3.63) is 37.4 Å². The summed E-state index contributed by atoms with van der Waals surface area (Å²) >= 11 is 13.5. The van der Waals surface area contributed by atoms with Gasteiger partial charge in [0.15, 0.2) is 4.77 Å². The fraction of sp³-hybridized carbons (Fsp3) is 0.273. The maximum Gasteiger partial charge on any atom is 0.199 e. The predicted molar refractivity (Wildman–Crippen MR) is 80.5 cm³/mol. The molecule has 0 aliphatic rings. The molecule has 1 aromatic heterocycles. The third kappa shape index (κ3) is 2.71. The van der Waals surface area contributed by atoms with Crippen molar-refractivity contribution in [3.8, 4) is 5.69 Å². The van der Waals surface area contributed by atoms with E-state index in [4.69, 9.17) is 23.8 Å². The molecule has 3 nitrogen and oxygen atoms in total. The van der Waals surface area contributed by atoms with Crippen molar-refractivity contribution >= 4 is 46.4 Å². The highest BCUT2D eigenvalue weighted by molar-refractivity contribution is 14.1. The Morgan fingerprint density at radius 1 is 1.53 bits per heavy atom. The predicted octanol–water partition coefficient (Wildman–Crippen LogP) is 4.14. The summed E-state index contributed by atoms with van der Waals surface area (Å²) in [6, 6.07) is 5.75. The lowest BCUT2D eigenvalue weighted by Gasteiger charge is -2.08. The van der Waals surface area contributed by atoms with E-state index < -0.39 is 0 Å². The van der Waals surface area contributed by atoms with E-state index in [2.05, 4.69) is 39.7 Å². The number of hydrogen-bond acceptors (Lipinski definition) is 2. The zero-order chi connectivity index (χ0) is 12.4. The van der Waals surface area contributed by atoms with Gasteiger partial charge in [-0.1, -0.05) is 18.5 Å². The third-order valence-corrected chi connectivity index (χ3v) is 3.74. The Balaban J connectivity index is 2.59. The quantitative estimate of drug-likeness (QED) is 0.642. The summed E-state index contributed by atoms with van der Waals surface area (Å²) in [5, 5.41) is 7.82. The first-order chi connectivity index (χ1) is 8.13. The van der Waals surface area contributed by atoms with Gasteiger partial charge in [-0.3, -0.25) is 9.67 Å². The SMILES string of the molecule is CCCc1n[nH]c(=S)n1-c1ccc(Cl)cc1I. The number of aryl methyl sites for hydroxylation is 1. The molecule has 0 fully saturated rings. The molecule has 0 radical (unpaired) electrons. The number of hydrogen-bond donors (Lipinski definition) is 1. The molecular formula is C11H11ClIN3S. The molecule has 1 aromatic carbocycles. The number of benzene rings is 1. The van der Waals surface area contributed by atoms with Crippen LogP contribution in [0.1, 0.15) is 19.2 Å². The Kier molecular flexibility index (Phi) is 4.22. The molecule has 0 saturated heterocycles. The number of nitrogens with one attached hydrogen (secondary N) is 1. The van der Waals surface area contributed by atoms with E-state index in [1.807, 2.05) is 22.8 Å². The highest BCUT2D eigenvalue weighted by atomic mass is 127. The van der Waals surface area contributed by atoms with E-state index in [9.17, 15) is 0 Å². The van der Waals surface area contributed by atoms with Crippen molar-refractivity contribution in [2.24, 2.45) is 0 Å². The van der Waals surface area contributed by atoms with E-state index >= 15 is 0 Å². The second-order valence-electron chi connectivity index (χ2n) is 3.63. The van der Waals surface area contributed by atoms with Gasteiger partial charge in [-0.15, -0.1) is 0 Å². The molecule has 1 N–H and O–H groups in total. The third-order valence-electron chi connectivity index (χ3n) is 2.37. The average molecular weight is 380 g/mol. The fourth-order valence-electron chi connectivity index (χ4n) is 1.63. The van der Waals surface area contributed by atoms with E-state index in [1.165, 1.54) is 0 Å². The van der Waals surface area contributed by atoms with E-state index in [0.717, 1.165) is 32.9 Å². The summed E-state index contributed by atoms with van der Waals surface area (Å²) in [5.41, 5.74) is 1.03. The molecule has 0 aliphatic heterocycles. The van der Waals surface area contributed by atoms with Crippen LogP contribution in [0.2, 0.25) is 5.02 Å². The molecule has 0 atom stereocenters. The minimum atomic E-state index is 0.619. The van der Waals surface area contributed by atoms with Gasteiger partial charge in [-0.05, 0) is 59.4 Å². The molecule has 0 spiro atoms. The molecule has 17 heavy (non-hydrogen) atoms. The van der Waals surface area contributed by atoms with Gasteiger partial charge >= 0.3 is 0 Å². The smallest absolute Gasteiger partial charge is 0.199 e. The first-order valence-electron chi connectivity index (χ1n) is 5.25. The largest absolute Gasteiger partial charge is 0.271 e. The Labute approximate surface area is 123 Å².